The Morgan fingerprint density at radius 2 is 1.89 bits per heavy atom. The summed E-state index contributed by atoms with van der Waals surface area (Å²) >= 11 is 0. The molecule has 0 radical (unpaired) electrons. The van der Waals surface area contributed by atoms with Crippen LogP contribution >= 0.6 is 0 Å². The number of carbonyl (C=O) groups excluding carboxylic acids is 1. The van der Waals surface area contributed by atoms with Gasteiger partial charge in [-0.1, -0.05) is 42.5 Å². The largest absolute Gasteiger partial charge is 0.461 e. The molecular weight excluding hydrogens is 340 g/mol. The second-order valence-corrected chi connectivity index (χ2v) is 7.72. The minimum Gasteiger partial charge on any atom is -0.461 e. The maximum absolute atomic E-state index is 12.7. The summed E-state index contributed by atoms with van der Waals surface area (Å²) in [6.07, 6.45) is 1.67. The van der Waals surface area contributed by atoms with Gasteiger partial charge in [-0.25, -0.2) is 4.98 Å². The maximum Gasteiger partial charge on any atom is 0.309 e. The number of hydrogen-bond donors (Lipinski definition) is 1. The normalized spacial score (nSPS) is 29.3. The topological polar surface area (TPSA) is 78.4 Å². The van der Waals surface area contributed by atoms with Gasteiger partial charge in [0.05, 0.1) is 5.92 Å². The van der Waals surface area contributed by atoms with Crippen LogP contribution in [0.3, 0.4) is 0 Å². The monoisotopic (exact) mass is 362 g/mol. The van der Waals surface area contributed by atoms with Crippen LogP contribution in [0.25, 0.3) is 11.1 Å². The lowest BCUT2D eigenvalue weighted by molar-refractivity contribution is -0.147. The predicted octanol–water partition coefficient (Wildman–Crippen LogP) is 3.64. The summed E-state index contributed by atoms with van der Waals surface area (Å²) in [7, 11) is 0. The molecule has 2 aromatic carbocycles. The van der Waals surface area contributed by atoms with Gasteiger partial charge in [0.1, 0.15) is 12.1 Å². The van der Waals surface area contributed by atoms with Gasteiger partial charge in [0.15, 0.2) is 11.5 Å². The molecule has 2 aliphatic carbocycles. The van der Waals surface area contributed by atoms with E-state index in [4.69, 9.17) is 14.9 Å². The van der Waals surface area contributed by atoms with Gasteiger partial charge in [-0.05, 0) is 42.4 Å². The van der Waals surface area contributed by atoms with Crippen LogP contribution in [0.1, 0.15) is 30.2 Å². The first-order chi connectivity index (χ1) is 13.2. The van der Waals surface area contributed by atoms with Crippen molar-refractivity contribution in [3.05, 3.63) is 66.1 Å². The molecule has 27 heavy (non-hydrogen) atoms. The standard InChI is InChI=1S/C22H22N2O3/c23-14-10-15-19(20(15)22(25)26-12-13-6-2-1-3-7-13)16(11-14)21-24-17-8-4-5-9-18(17)27-21/h1-9,14-16,19-20H,10-12,23H2/t14-,15?,16-,19?,20?/m1/s1. The van der Waals surface area contributed by atoms with Gasteiger partial charge >= 0.3 is 5.97 Å². The van der Waals surface area contributed by atoms with Gasteiger partial charge in [0, 0.05) is 12.0 Å². The summed E-state index contributed by atoms with van der Waals surface area (Å²) in [4.78, 5) is 17.3. The predicted molar refractivity (Wildman–Crippen MR) is 101 cm³/mol. The highest BCUT2D eigenvalue weighted by molar-refractivity contribution is 5.77. The number of nitrogens with two attached hydrogens (primary N) is 1. The Labute approximate surface area is 157 Å². The van der Waals surface area contributed by atoms with Crippen molar-refractivity contribution in [3.8, 4) is 0 Å². The molecule has 5 atom stereocenters. The molecule has 0 spiro atoms. The van der Waals surface area contributed by atoms with Gasteiger partial charge in [0.2, 0.25) is 0 Å². The molecule has 2 N–H and O–H groups in total. The molecule has 3 aromatic rings. The molecule has 138 valence electrons. The molecule has 5 rings (SSSR count). The smallest absolute Gasteiger partial charge is 0.309 e. The van der Waals surface area contributed by atoms with Crippen LogP contribution in [0.5, 0.6) is 0 Å². The Hall–Kier alpha value is -2.66. The van der Waals surface area contributed by atoms with E-state index in [1.165, 1.54) is 0 Å². The lowest BCUT2D eigenvalue weighted by Crippen LogP contribution is -2.28. The Morgan fingerprint density at radius 3 is 2.70 bits per heavy atom. The molecule has 2 aliphatic rings. The minimum atomic E-state index is -0.121. The average Bonchev–Trinajstić information content (AvgIpc) is 3.24. The first-order valence-corrected chi connectivity index (χ1v) is 9.52. The van der Waals surface area contributed by atoms with Gasteiger partial charge < -0.3 is 14.9 Å². The number of oxazole rings is 1. The van der Waals surface area contributed by atoms with E-state index in [2.05, 4.69) is 4.98 Å². The molecule has 0 bridgehead atoms. The fourth-order valence-electron chi connectivity index (χ4n) is 4.65. The van der Waals surface area contributed by atoms with Crippen molar-refractivity contribution >= 4 is 17.1 Å². The van der Waals surface area contributed by atoms with Crippen molar-refractivity contribution in [1.29, 1.82) is 0 Å². The summed E-state index contributed by atoms with van der Waals surface area (Å²) < 4.78 is 11.6. The highest BCUT2D eigenvalue weighted by Gasteiger charge is 2.62. The lowest BCUT2D eigenvalue weighted by atomic mass is 9.86. The summed E-state index contributed by atoms with van der Waals surface area (Å²) in [6, 6.07) is 17.6. The van der Waals surface area contributed by atoms with Crippen molar-refractivity contribution in [2.24, 2.45) is 23.5 Å². The third-order valence-corrected chi connectivity index (χ3v) is 5.95. The van der Waals surface area contributed by atoms with Crippen LogP contribution in [-0.4, -0.2) is 17.0 Å². The zero-order valence-electron chi connectivity index (χ0n) is 15.0. The van der Waals surface area contributed by atoms with Crippen molar-refractivity contribution in [1.82, 2.24) is 4.98 Å². The van der Waals surface area contributed by atoms with E-state index in [0.29, 0.717) is 12.5 Å². The quantitative estimate of drug-likeness (QED) is 0.717. The summed E-state index contributed by atoms with van der Waals surface area (Å²) in [6.45, 7) is 0.315. The second kappa shape index (κ2) is 6.50. The zero-order valence-corrected chi connectivity index (χ0v) is 15.0. The molecule has 2 saturated carbocycles. The Bertz CT molecular complexity index is 935. The third kappa shape index (κ3) is 3.02. The molecule has 5 heteroatoms. The van der Waals surface area contributed by atoms with Gasteiger partial charge in [-0.3, -0.25) is 4.79 Å². The first kappa shape index (κ1) is 16.5. The van der Waals surface area contributed by atoms with Crippen LogP contribution in [0, 0.1) is 17.8 Å². The molecule has 5 nitrogen and oxygen atoms in total. The second-order valence-electron chi connectivity index (χ2n) is 7.72. The Morgan fingerprint density at radius 1 is 1.11 bits per heavy atom. The first-order valence-electron chi connectivity index (χ1n) is 9.52. The van der Waals surface area contributed by atoms with E-state index in [1.807, 2.05) is 54.6 Å². The molecule has 0 amide bonds. The Kier molecular flexibility index (Phi) is 3.97. The fourth-order valence-corrected chi connectivity index (χ4v) is 4.65. The number of benzene rings is 2. The summed E-state index contributed by atoms with van der Waals surface area (Å²) in [5, 5.41) is 0. The SMILES string of the molecule is N[C@@H]1CC2C(C(=O)OCc3ccccc3)C2[C@H](c2nc3ccccc3o2)C1. The van der Waals surface area contributed by atoms with Crippen LogP contribution in [-0.2, 0) is 16.1 Å². The fraction of sp³-hybridized carbons (Fsp3) is 0.364. The number of carbonyl (C=O) groups is 1. The van der Waals surface area contributed by atoms with E-state index in [0.717, 1.165) is 29.5 Å². The van der Waals surface area contributed by atoms with E-state index < -0.39 is 0 Å². The number of rotatable bonds is 4. The third-order valence-electron chi connectivity index (χ3n) is 5.95. The number of esters is 1. The van der Waals surface area contributed by atoms with E-state index >= 15 is 0 Å². The number of nitrogens with zero attached hydrogens (tertiary/aromatic N) is 1. The molecule has 3 unspecified atom stereocenters. The summed E-state index contributed by atoms with van der Waals surface area (Å²) in [5.74, 6) is 1.07. The van der Waals surface area contributed by atoms with Crippen molar-refractivity contribution in [2.75, 3.05) is 0 Å². The molecule has 0 aliphatic heterocycles. The lowest BCUT2D eigenvalue weighted by Gasteiger charge is -2.23. The zero-order chi connectivity index (χ0) is 18.4. The van der Waals surface area contributed by atoms with Gasteiger partial charge in [-0.15, -0.1) is 0 Å². The number of fused-ring (bicyclic) bond motifs is 2. The van der Waals surface area contributed by atoms with Crippen molar-refractivity contribution in [2.45, 2.75) is 31.4 Å². The highest BCUT2D eigenvalue weighted by Crippen LogP contribution is 2.61. The van der Waals surface area contributed by atoms with Crippen molar-refractivity contribution < 1.29 is 13.9 Å². The van der Waals surface area contributed by atoms with Crippen LogP contribution in [0.2, 0.25) is 0 Å². The Balaban J connectivity index is 1.33. The van der Waals surface area contributed by atoms with Crippen LogP contribution in [0.15, 0.2) is 59.0 Å². The molecule has 1 heterocycles. The van der Waals surface area contributed by atoms with Gasteiger partial charge in [-0.2, -0.15) is 0 Å². The molecular formula is C22H22N2O3. The number of ether oxygens (including phenoxy) is 1. The number of hydrogen-bond acceptors (Lipinski definition) is 5. The average molecular weight is 362 g/mol. The molecule has 0 saturated heterocycles. The van der Waals surface area contributed by atoms with E-state index in [9.17, 15) is 4.79 Å². The van der Waals surface area contributed by atoms with Crippen LogP contribution in [0.4, 0.5) is 0 Å². The van der Waals surface area contributed by atoms with E-state index in [1.54, 1.807) is 0 Å². The molecule has 2 fully saturated rings. The van der Waals surface area contributed by atoms with E-state index in [-0.39, 0.29) is 35.7 Å². The molecule has 1 aromatic heterocycles. The summed E-state index contributed by atoms with van der Waals surface area (Å²) in [5.41, 5.74) is 8.92. The highest BCUT2D eigenvalue weighted by atomic mass is 16.5. The minimum absolute atomic E-state index is 0.0678. The van der Waals surface area contributed by atoms with Crippen molar-refractivity contribution in [3.63, 3.8) is 0 Å². The maximum atomic E-state index is 12.7. The number of aromatic nitrogens is 1. The number of para-hydroxylation sites is 2. The van der Waals surface area contributed by atoms with Crippen LogP contribution < -0.4 is 5.73 Å². The van der Waals surface area contributed by atoms with Gasteiger partial charge in [0.25, 0.3) is 0 Å².